The number of aromatic nitrogens is 2. The van der Waals surface area contributed by atoms with E-state index in [4.69, 9.17) is 18.0 Å². The number of anilines is 1. The molecule has 2 aromatic rings. The van der Waals surface area contributed by atoms with Gasteiger partial charge in [-0.2, -0.15) is 5.10 Å². The third-order valence-corrected chi connectivity index (χ3v) is 2.87. The van der Waals surface area contributed by atoms with Crippen LogP contribution in [0, 0.1) is 5.82 Å². The Labute approximate surface area is 119 Å². The maximum Gasteiger partial charge on any atom is 0.263 e. The molecule has 0 unspecified atom stereocenters. The molecule has 0 aliphatic heterocycles. The van der Waals surface area contributed by atoms with Gasteiger partial charge in [-0.1, -0.05) is 18.3 Å². The second kappa shape index (κ2) is 5.25. The van der Waals surface area contributed by atoms with E-state index in [2.05, 4.69) is 10.4 Å². The van der Waals surface area contributed by atoms with E-state index >= 15 is 0 Å². The van der Waals surface area contributed by atoms with Crippen molar-refractivity contribution in [3.8, 4) is 5.75 Å². The van der Waals surface area contributed by atoms with Crippen molar-refractivity contribution >= 4 is 28.9 Å². The summed E-state index contributed by atoms with van der Waals surface area (Å²) in [4.78, 5) is 12.1. The summed E-state index contributed by atoms with van der Waals surface area (Å²) in [7, 11) is 1.57. The molecule has 0 bridgehead atoms. The summed E-state index contributed by atoms with van der Waals surface area (Å²) >= 11 is 4.83. The lowest BCUT2D eigenvalue weighted by atomic mass is 10.1. The molecule has 6 nitrogen and oxygen atoms in total. The zero-order chi connectivity index (χ0) is 14.9. The first kappa shape index (κ1) is 13.9. The number of thiocarbonyl (C=S) groups is 1. The monoisotopic (exact) mass is 294 g/mol. The molecule has 0 atom stereocenters. The lowest BCUT2D eigenvalue weighted by molar-refractivity contribution is 0.101. The summed E-state index contributed by atoms with van der Waals surface area (Å²) in [6.07, 6.45) is 1.39. The molecular formula is C12H11FN4O2S. The molecule has 20 heavy (non-hydrogen) atoms. The topological polar surface area (TPSA) is 93.2 Å². The lowest BCUT2D eigenvalue weighted by Gasteiger charge is -2.09. The molecule has 1 aromatic carbocycles. The molecule has 0 saturated carbocycles. The fourth-order valence-corrected chi connectivity index (χ4v) is 1.82. The molecule has 0 fully saturated rings. The van der Waals surface area contributed by atoms with Crippen LogP contribution in [0.25, 0.3) is 0 Å². The maximum absolute atomic E-state index is 13.6. The Morgan fingerprint density at radius 2 is 2.25 bits per heavy atom. The second-order valence-corrected chi connectivity index (χ2v) is 4.42. The van der Waals surface area contributed by atoms with Gasteiger partial charge >= 0.3 is 0 Å². The molecule has 2 rings (SSSR count). The number of nitrogens with two attached hydrogens (primary N) is 1. The molecule has 4 N–H and O–H groups in total. The van der Waals surface area contributed by atoms with E-state index in [-0.39, 0.29) is 10.8 Å². The highest BCUT2D eigenvalue weighted by molar-refractivity contribution is 7.80. The largest absolute Gasteiger partial charge is 0.507 e. The predicted octanol–water partition coefficient (Wildman–Crippen LogP) is 1.15. The van der Waals surface area contributed by atoms with Crippen LogP contribution in [-0.2, 0) is 7.05 Å². The molecule has 1 amide bonds. The number of halogens is 1. The summed E-state index contributed by atoms with van der Waals surface area (Å²) in [6.45, 7) is 0. The van der Waals surface area contributed by atoms with Crippen molar-refractivity contribution in [1.29, 1.82) is 0 Å². The molecule has 1 aromatic heterocycles. The van der Waals surface area contributed by atoms with Crippen LogP contribution in [-0.4, -0.2) is 25.8 Å². The van der Waals surface area contributed by atoms with E-state index in [0.717, 1.165) is 6.07 Å². The van der Waals surface area contributed by atoms with Gasteiger partial charge in [0.05, 0.1) is 11.8 Å². The highest BCUT2D eigenvalue weighted by atomic mass is 32.1. The average Bonchev–Trinajstić information content (AvgIpc) is 2.71. The molecule has 104 valence electrons. The third kappa shape index (κ3) is 2.45. The summed E-state index contributed by atoms with van der Waals surface area (Å²) < 4.78 is 14.9. The normalized spacial score (nSPS) is 10.3. The SMILES string of the molecule is Cn1ncc(C(N)=S)c1NC(=O)c1c(O)cccc1F. The van der Waals surface area contributed by atoms with Crippen LogP contribution >= 0.6 is 12.2 Å². The molecule has 8 heteroatoms. The van der Waals surface area contributed by atoms with Gasteiger partial charge in [0, 0.05) is 7.05 Å². The fraction of sp³-hybridized carbons (Fsp3) is 0.0833. The zero-order valence-corrected chi connectivity index (χ0v) is 11.2. The van der Waals surface area contributed by atoms with Gasteiger partial charge in [0.2, 0.25) is 0 Å². The minimum Gasteiger partial charge on any atom is -0.507 e. The molecule has 0 spiro atoms. The number of nitrogens with zero attached hydrogens (tertiary/aromatic N) is 2. The van der Waals surface area contributed by atoms with Crippen LogP contribution in [0.3, 0.4) is 0 Å². The minimum absolute atomic E-state index is 0.0474. The number of amides is 1. The number of phenolic OH excluding ortho intramolecular Hbond substituents is 1. The molecule has 0 radical (unpaired) electrons. The second-order valence-electron chi connectivity index (χ2n) is 3.98. The maximum atomic E-state index is 13.6. The van der Waals surface area contributed by atoms with E-state index in [1.54, 1.807) is 7.05 Å². The average molecular weight is 294 g/mol. The highest BCUT2D eigenvalue weighted by Crippen LogP contribution is 2.22. The van der Waals surface area contributed by atoms with Crippen molar-refractivity contribution in [2.45, 2.75) is 0 Å². The molecular weight excluding hydrogens is 283 g/mol. The van der Waals surface area contributed by atoms with E-state index in [1.165, 1.54) is 23.0 Å². The van der Waals surface area contributed by atoms with Gasteiger partial charge in [-0.25, -0.2) is 4.39 Å². The van der Waals surface area contributed by atoms with Gasteiger partial charge in [-0.05, 0) is 12.1 Å². The Bertz CT molecular complexity index is 679. The Balaban J connectivity index is 2.38. The fourth-order valence-electron chi connectivity index (χ4n) is 1.67. The number of hydrogen-bond acceptors (Lipinski definition) is 4. The van der Waals surface area contributed by atoms with Crippen molar-refractivity contribution in [2.75, 3.05) is 5.32 Å². The predicted molar refractivity (Wildman–Crippen MR) is 75.1 cm³/mol. The Morgan fingerprint density at radius 1 is 1.55 bits per heavy atom. The van der Waals surface area contributed by atoms with Gasteiger partial charge in [0.1, 0.15) is 27.9 Å². The number of hydrogen-bond donors (Lipinski definition) is 3. The van der Waals surface area contributed by atoms with E-state index in [9.17, 15) is 14.3 Å². The molecule has 0 aliphatic carbocycles. The zero-order valence-electron chi connectivity index (χ0n) is 10.4. The van der Waals surface area contributed by atoms with Crippen molar-refractivity contribution in [3.63, 3.8) is 0 Å². The van der Waals surface area contributed by atoms with Crippen molar-refractivity contribution < 1.29 is 14.3 Å². The van der Waals surface area contributed by atoms with Crippen LogP contribution in [0.4, 0.5) is 10.2 Å². The summed E-state index contributed by atoms with van der Waals surface area (Å²) in [5, 5.41) is 15.9. The lowest BCUT2D eigenvalue weighted by Crippen LogP contribution is -2.19. The van der Waals surface area contributed by atoms with Gasteiger partial charge < -0.3 is 16.2 Å². The van der Waals surface area contributed by atoms with Gasteiger partial charge in [0.15, 0.2) is 0 Å². The number of aryl methyl sites for hydroxylation is 1. The quantitative estimate of drug-likeness (QED) is 0.738. The molecule has 0 aliphatic rings. The van der Waals surface area contributed by atoms with Gasteiger partial charge in [-0.15, -0.1) is 0 Å². The Kier molecular flexibility index (Phi) is 3.66. The number of carbonyl (C=O) groups excluding carboxylic acids is 1. The first-order chi connectivity index (χ1) is 9.41. The van der Waals surface area contributed by atoms with Crippen molar-refractivity contribution in [1.82, 2.24) is 9.78 Å². The minimum atomic E-state index is -0.832. The van der Waals surface area contributed by atoms with Crippen LogP contribution in [0.5, 0.6) is 5.75 Å². The molecule has 0 saturated heterocycles. The van der Waals surface area contributed by atoms with E-state index < -0.39 is 23.0 Å². The van der Waals surface area contributed by atoms with Crippen LogP contribution in [0.15, 0.2) is 24.4 Å². The standard InChI is InChI=1S/C12H11FN4O2S/c1-17-11(6(5-15-17)10(14)20)16-12(19)9-7(13)3-2-4-8(9)18/h2-5,18H,1H3,(H2,14,20)(H,16,19). The number of rotatable bonds is 3. The first-order valence-corrected chi connectivity index (χ1v) is 5.93. The van der Waals surface area contributed by atoms with Gasteiger partial charge in [-0.3, -0.25) is 9.48 Å². The summed E-state index contributed by atoms with van der Waals surface area (Å²) in [6, 6.07) is 3.59. The summed E-state index contributed by atoms with van der Waals surface area (Å²) in [5.74, 6) is -1.88. The van der Waals surface area contributed by atoms with Crippen LogP contribution < -0.4 is 11.1 Å². The number of benzene rings is 1. The van der Waals surface area contributed by atoms with Crippen LogP contribution in [0.1, 0.15) is 15.9 Å². The van der Waals surface area contributed by atoms with E-state index in [1.807, 2.05) is 0 Å². The number of carbonyl (C=O) groups is 1. The van der Waals surface area contributed by atoms with Crippen molar-refractivity contribution in [2.24, 2.45) is 12.8 Å². The van der Waals surface area contributed by atoms with Gasteiger partial charge in [0.25, 0.3) is 5.91 Å². The molecule has 1 heterocycles. The number of aromatic hydroxyl groups is 1. The first-order valence-electron chi connectivity index (χ1n) is 5.52. The number of nitrogens with one attached hydrogen (secondary N) is 1. The number of phenols is 1. The highest BCUT2D eigenvalue weighted by Gasteiger charge is 2.20. The van der Waals surface area contributed by atoms with E-state index in [0.29, 0.717) is 5.56 Å². The third-order valence-electron chi connectivity index (χ3n) is 2.65. The summed E-state index contributed by atoms with van der Waals surface area (Å²) in [5.41, 5.74) is 5.40. The smallest absolute Gasteiger partial charge is 0.263 e. The Morgan fingerprint density at radius 3 is 2.85 bits per heavy atom. The van der Waals surface area contributed by atoms with Crippen LogP contribution in [0.2, 0.25) is 0 Å². The van der Waals surface area contributed by atoms with Crippen molar-refractivity contribution in [3.05, 3.63) is 41.3 Å². The Hall–Kier alpha value is -2.48.